The van der Waals surface area contributed by atoms with Crippen LogP contribution in [-0.4, -0.2) is 28.2 Å². The van der Waals surface area contributed by atoms with E-state index in [1.165, 1.54) is 7.11 Å². The summed E-state index contributed by atoms with van der Waals surface area (Å²) in [6.45, 7) is 0. The number of carboxylic acid groups (broad SMARTS) is 1. The maximum atomic E-state index is 10.7. The Hall–Kier alpha value is -2.31. The highest BCUT2D eigenvalue weighted by atomic mass is 16.6. The molecule has 15 heavy (non-hydrogen) atoms. The number of nitro groups is 1. The third-order valence-electron chi connectivity index (χ3n) is 1.71. The number of phenolic OH excluding ortho intramolecular Hbond substituents is 1. The van der Waals surface area contributed by atoms with E-state index in [-0.39, 0.29) is 5.75 Å². The molecule has 2 N–H and O–H groups in total. The van der Waals surface area contributed by atoms with Gasteiger partial charge in [0.15, 0.2) is 5.75 Å². The lowest BCUT2D eigenvalue weighted by Gasteiger charge is -2.04. The van der Waals surface area contributed by atoms with Gasteiger partial charge < -0.3 is 14.9 Å². The minimum atomic E-state index is -1.50. The second kappa shape index (κ2) is 3.82. The third-order valence-corrected chi connectivity index (χ3v) is 1.71. The van der Waals surface area contributed by atoms with Crippen molar-refractivity contribution >= 4 is 11.7 Å². The van der Waals surface area contributed by atoms with Crippen LogP contribution in [0.25, 0.3) is 0 Å². The largest absolute Gasteiger partial charge is 0.502 e. The fraction of sp³-hybridized carbons (Fsp3) is 0.125. The van der Waals surface area contributed by atoms with Crippen LogP contribution in [0.1, 0.15) is 10.4 Å². The summed E-state index contributed by atoms with van der Waals surface area (Å²) in [6, 6.07) is 1.95. The number of hydrogen-bond acceptors (Lipinski definition) is 5. The van der Waals surface area contributed by atoms with Crippen molar-refractivity contribution in [2.24, 2.45) is 0 Å². The van der Waals surface area contributed by atoms with Crippen LogP contribution < -0.4 is 4.74 Å². The van der Waals surface area contributed by atoms with E-state index in [0.717, 1.165) is 12.1 Å². The van der Waals surface area contributed by atoms with Gasteiger partial charge in [0.25, 0.3) is 0 Å². The molecule has 0 atom stereocenters. The van der Waals surface area contributed by atoms with Gasteiger partial charge >= 0.3 is 11.7 Å². The Balaban J connectivity index is 3.49. The van der Waals surface area contributed by atoms with Crippen LogP contribution in [0.3, 0.4) is 0 Å². The van der Waals surface area contributed by atoms with Crippen LogP contribution in [0.5, 0.6) is 11.5 Å². The molecule has 0 unspecified atom stereocenters. The first-order valence-electron chi connectivity index (χ1n) is 3.76. The molecule has 80 valence electrons. The highest BCUT2D eigenvalue weighted by molar-refractivity contribution is 5.94. The Morgan fingerprint density at radius 1 is 1.53 bits per heavy atom. The summed E-state index contributed by atoms with van der Waals surface area (Å²) in [4.78, 5) is 20.2. The Kier molecular flexibility index (Phi) is 2.75. The van der Waals surface area contributed by atoms with Gasteiger partial charge in [-0.05, 0) is 0 Å². The van der Waals surface area contributed by atoms with Crippen molar-refractivity contribution in [1.82, 2.24) is 0 Å². The van der Waals surface area contributed by atoms with Gasteiger partial charge in [0.1, 0.15) is 11.3 Å². The number of phenols is 1. The molecule has 0 saturated heterocycles. The van der Waals surface area contributed by atoms with Gasteiger partial charge in [0.05, 0.1) is 12.0 Å². The minimum Gasteiger partial charge on any atom is -0.502 e. The third kappa shape index (κ3) is 1.96. The number of aromatic carboxylic acids is 1. The van der Waals surface area contributed by atoms with Crippen molar-refractivity contribution < 1.29 is 24.7 Å². The average Bonchev–Trinajstić information content (AvgIpc) is 2.15. The predicted octanol–water partition coefficient (Wildman–Crippen LogP) is 1.01. The van der Waals surface area contributed by atoms with Crippen LogP contribution in [0, 0.1) is 10.1 Å². The van der Waals surface area contributed by atoms with E-state index < -0.39 is 27.9 Å². The normalized spacial score (nSPS) is 9.67. The van der Waals surface area contributed by atoms with Crippen LogP contribution >= 0.6 is 0 Å². The molecule has 0 aromatic heterocycles. The topological polar surface area (TPSA) is 110 Å². The van der Waals surface area contributed by atoms with Gasteiger partial charge in [-0.25, -0.2) is 4.79 Å². The molecule has 7 nitrogen and oxygen atoms in total. The van der Waals surface area contributed by atoms with E-state index in [1.54, 1.807) is 0 Å². The molecule has 0 aliphatic heterocycles. The molecule has 0 amide bonds. The molecule has 1 rings (SSSR count). The zero-order valence-electron chi connectivity index (χ0n) is 7.63. The number of rotatable bonds is 3. The van der Waals surface area contributed by atoms with Crippen molar-refractivity contribution in [3.63, 3.8) is 0 Å². The number of hydrogen-bond donors (Lipinski definition) is 2. The van der Waals surface area contributed by atoms with E-state index >= 15 is 0 Å². The average molecular weight is 213 g/mol. The fourth-order valence-electron chi connectivity index (χ4n) is 1.07. The number of nitrogens with zero attached hydrogens (tertiary/aromatic N) is 1. The van der Waals surface area contributed by atoms with Gasteiger partial charge in [0.2, 0.25) is 0 Å². The van der Waals surface area contributed by atoms with Gasteiger partial charge in [-0.2, -0.15) is 0 Å². The van der Waals surface area contributed by atoms with Crippen LogP contribution in [0.15, 0.2) is 12.1 Å². The second-order valence-electron chi connectivity index (χ2n) is 2.60. The van der Waals surface area contributed by atoms with Crippen molar-refractivity contribution in [3.8, 4) is 11.5 Å². The first-order valence-corrected chi connectivity index (χ1v) is 3.76. The Labute approximate surface area is 83.7 Å². The molecule has 0 fully saturated rings. The Bertz CT molecular complexity index is 427. The van der Waals surface area contributed by atoms with Gasteiger partial charge in [0, 0.05) is 12.1 Å². The molecule has 0 aliphatic rings. The standard InChI is InChI=1S/C8H7NO6/c1-15-4-2-5(8(11)12)7(9(13)14)6(10)3-4/h2-3,10H,1H3,(H,11,12). The SMILES string of the molecule is COc1cc(O)c([N+](=O)[O-])c(C(=O)O)c1. The Morgan fingerprint density at radius 2 is 2.13 bits per heavy atom. The Morgan fingerprint density at radius 3 is 2.53 bits per heavy atom. The first-order chi connectivity index (χ1) is 6.97. The lowest BCUT2D eigenvalue weighted by atomic mass is 10.1. The molecule has 0 heterocycles. The number of methoxy groups -OCH3 is 1. The number of carboxylic acids is 1. The minimum absolute atomic E-state index is 0.0375. The molecule has 0 radical (unpaired) electrons. The van der Waals surface area contributed by atoms with Crippen LogP contribution in [0.4, 0.5) is 5.69 Å². The fourth-order valence-corrected chi connectivity index (χ4v) is 1.07. The summed E-state index contributed by atoms with van der Waals surface area (Å²) < 4.78 is 4.67. The lowest BCUT2D eigenvalue weighted by molar-refractivity contribution is -0.386. The number of aromatic hydroxyl groups is 1. The molecule has 0 saturated carbocycles. The zero-order valence-corrected chi connectivity index (χ0v) is 7.63. The maximum absolute atomic E-state index is 10.7. The number of carbonyl (C=O) groups is 1. The number of nitro benzene ring substituents is 1. The van der Waals surface area contributed by atoms with E-state index in [0.29, 0.717) is 0 Å². The summed E-state index contributed by atoms with van der Waals surface area (Å²) in [5.41, 5.74) is -1.46. The molecular weight excluding hydrogens is 206 g/mol. The van der Waals surface area contributed by atoms with Crippen molar-refractivity contribution in [1.29, 1.82) is 0 Å². The molecule has 1 aromatic rings. The monoisotopic (exact) mass is 213 g/mol. The summed E-state index contributed by atoms with van der Waals surface area (Å²) in [5.74, 6) is -2.21. The number of ether oxygens (including phenoxy) is 1. The molecule has 0 aliphatic carbocycles. The van der Waals surface area contributed by atoms with Crippen molar-refractivity contribution in [2.75, 3.05) is 7.11 Å². The quantitative estimate of drug-likeness (QED) is 0.572. The smallest absolute Gasteiger partial charge is 0.343 e. The van der Waals surface area contributed by atoms with E-state index in [1.807, 2.05) is 0 Å². The highest BCUT2D eigenvalue weighted by Gasteiger charge is 2.25. The highest BCUT2D eigenvalue weighted by Crippen LogP contribution is 2.34. The molecule has 7 heteroatoms. The van der Waals surface area contributed by atoms with Gasteiger partial charge in [-0.1, -0.05) is 0 Å². The van der Waals surface area contributed by atoms with E-state index in [9.17, 15) is 20.0 Å². The van der Waals surface area contributed by atoms with Crippen molar-refractivity contribution in [3.05, 3.63) is 27.8 Å². The molecular formula is C8H7NO6. The van der Waals surface area contributed by atoms with Gasteiger partial charge in [-0.15, -0.1) is 0 Å². The first kappa shape index (κ1) is 10.8. The van der Waals surface area contributed by atoms with Crippen LogP contribution in [0.2, 0.25) is 0 Å². The summed E-state index contributed by atoms with van der Waals surface area (Å²) in [5, 5.41) is 28.4. The maximum Gasteiger partial charge on any atom is 0.343 e. The van der Waals surface area contributed by atoms with E-state index in [4.69, 9.17) is 5.11 Å². The summed E-state index contributed by atoms with van der Waals surface area (Å²) in [7, 11) is 1.26. The van der Waals surface area contributed by atoms with Crippen molar-refractivity contribution in [2.45, 2.75) is 0 Å². The summed E-state index contributed by atoms with van der Waals surface area (Å²) in [6.07, 6.45) is 0. The predicted molar refractivity (Wildman–Crippen MR) is 48.3 cm³/mol. The lowest BCUT2D eigenvalue weighted by Crippen LogP contribution is -2.03. The second-order valence-corrected chi connectivity index (χ2v) is 2.60. The molecule has 0 bridgehead atoms. The molecule has 0 spiro atoms. The number of benzene rings is 1. The molecule has 1 aromatic carbocycles. The van der Waals surface area contributed by atoms with Crippen LogP contribution in [-0.2, 0) is 0 Å². The zero-order chi connectivity index (χ0) is 11.6. The van der Waals surface area contributed by atoms with E-state index in [2.05, 4.69) is 4.74 Å². The summed E-state index contributed by atoms with van der Waals surface area (Å²) >= 11 is 0. The van der Waals surface area contributed by atoms with Gasteiger partial charge in [-0.3, -0.25) is 10.1 Å².